The van der Waals surface area contributed by atoms with Crippen molar-refractivity contribution in [3.63, 3.8) is 0 Å². The van der Waals surface area contributed by atoms with E-state index in [9.17, 15) is 10.1 Å². The fourth-order valence-electron chi connectivity index (χ4n) is 1.87. The number of hydrogen-bond acceptors (Lipinski definition) is 4. The molecule has 0 aliphatic carbocycles. The van der Waals surface area contributed by atoms with Gasteiger partial charge in [0, 0.05) is 24.8 Å². The van der Waals surface area contributed by atoms with E-state index in [4.69, 9.17) is 16.7 Å². The summed E-state index contributed by atoms with van der Waals surface area (Å²) < 4.78 is 0. The summed E-state index contributed by atoms with van der Waals surface area (Å²) >= 11 is 6.03. The highest BCUT2D eigenvalue weighted by molar-refractivity contribution is 6.33. The number of hydrogen-bond donors (Lipinski definition) is 2. The molecule has 20 heavy (non-hydrogen) atoms. The van der Waals surface area contributed by atoms with Crippen molar-refractivity contribution in [2.24, 2.45) is 5.41 Å². The second-order valence-electron chi connectivity index (χ2n) is 5.73. The zero-order valence-corrected chi connectivity index (χ0v) is 12.8. The van der Waals surface area contributed by atoms with Gasteiger partial charge in [-0.1, -0.05) is 25.4 Å². The summed E-state index contributed by atoms with van der Waals surface area (Å²) in [7, 11) is 0. The van der Waals surface area contributed by atoms with E-state index in [-0.39, 0.29) is 17.7 Å². The summed E-state index contributed by atoms with van der Waals surface area (Å²) in [5.74, 6) is 0. The number of nitro benzene ring substituents is 1. The lowest BCUT2D eigenvalue weighted by molar-refractivity contribution is -0.385. The molecule has 0 aliphatic rings. The number of rotatable bonds is 7. The van der Waals surface area contributed by atoms with Crippen LogP contribution in [0.1, 0.15) is 32.3 Å². The number of nitrogens with one attached hydrogen (secondary N) is 1. The molecular weight excluding hydrogens is 280 g/mol. The smallest absolute Gasteiger partial charge is 0.273 e. The lowest BCUT2D eigenvalue weighted by Crippen LogP contribution is -2.18. The molecule has 0 bridgehead atoms. The molecule has 0 aromatic heterocycles. The summed E-state index contributed by atoms with van der Waals surface area (Å²) in [6.45, 7) is 6.57. The fraction of sp³-hybridized carbons (Fsp3) is 0.571. The highest BCUT2D eigenvalue weighted by atomic mass is 35.5. The first kappa shape index (κ1) is 16.7. The zero-order valence-electron chi connectivity index (χ0n) is 12.1. The van der Waals surface area contributed by atoms with Gasteiger partial charge in [0.15, 0.2) is 0 Å². The second-order valence-corrected chi connectivity index (χ2v) is 6.14. The minimum absolute atomic E-state index is 0.0296. The Labute approximate surface area is 124 Å². The van der Waals surface area contributed by atoms with E-state index in [0.29, 0.717) is 22.8 Å². The van der Waals surface area contributed by atoms with E-state index in [2.05, 4.69) is 5.32 Å². The Balaban J connectivity index is 2.61. The number of nitrogens with zero attached hydrogens (tertiary/aromatic N) is 1. The van der Waals surface area contributed by atoms with E-state index in [1.165, 1.54) is 6.07 Å². The topological polar surface area (TPSA) is 75.4 Å². The molecule has 112 valence electrons. The lowest BCUT2D eigenvalue weighted by atomic mass is 9.89. The molecule has 0 aliphatic heterocycles. The van der Waals surface area contributed by atoms with Gasteiger partial charge in [0.2, 0.25) is 0 Å². The van der Waals surface area contributed by atoms with Crippen LogP contribution in [0.2, 0.25) is 5.02 Å². The van der Waals surface area contributed by atoms with Gasteiger partial charge in [0.05, 0.1) is 15.6 Å². The summed E-state index contributed by atoms with van der Waals surface area (Å²) in [4.78, 5) is 10.4. The third-order valence-corrected chi connectivity index (χ3v) is 3.57. The van der Waals surface area contributed by atoms with E-state index >= 15 is 0 Å². The molecule has 0 saturated carbocycles. The van der Waals surface area contributed by atoms with Crippen molar-refractivity contribution < 1.29 is 10.0 Å². The second kappa shape index (κ2) is 6.90. The van der Waals surface area contributed by atoms with Crippen molar-refractivity contribution in [1.82, 2.24) is 0 Å². The van der Waals surface area contributed by atoms with Crippen LogP contribution in [0.3, 0.4) is 0 Å². The molecule has 0 atom stereocenters. The van der Waals surface area contributed by atoms with E-state index in [1.54, 1.807) is 13.0 Å². The van der Waals surface area contributed by atoms with Gasteiger partial charge < -0.3 is 10.4 Å². The Morgan fingerprint density at radius 2 is 2.10 bits per heavy atom. The molecule has 0 radical (unpaired) electrons. The first-order chi connectivity index (χ1) is 9.26. The van der Waals surface area contributed by atoms with Crippen LogP contribution in [0.4, 0.5) is 11.4 Å². The summed E-state index contributed by atoms with van der Waals surface area (Å²) in [6.07, 6.45) is 1.78. The first-order valence-electron chi connectivity index (χ1n) is 6.56. The molecule has 2 N–H and O–H groups in total. The standard InChI is InChI=1S/C14H21ClN2O3/c1-10-7-12(11(15)8-13(10)17(19)20)16-6-4-5-14(2,3)9-18/h7-8,16,18H,4-6,9H2,1-3H3. The lowest BCUT2D eigenvalue weighted by Gasteiger charge is -2.21. The van der Waals surface area contributed by atoms with Crippen molar-refractivity contribution in [3.8, 4) is 0 Å². The number of halogens is 1. The third-order valence-electron chi connectivity index (χ3n) is 3.26. The molecule has 0 heterocycles. The average molecular weight is 301 g/mol. The highest BCUT2D eigenvalue weighted by Crippen LogP contribution is 2.30. The zero-order chi connectivity index (χ0) is 15.3. The van der Waals surface area contributed by atoms with Gasteiger partial charge in [-0.2, -0.15) is 0 Å². The number of aliphatic hydroxyl groups is 1. The molecule has 0 amide bonds. The third kappa shape index (κ3) is 4.65. The van der Waals surface area contributed by atoms with Crippen LogP contribution >= 0.6 is 11.6 Å². The van der Waals surface area contributed by atoms with E-state index in [1.807, 2.05) is 13.8 Å². The Kier molecular flexibility index (Phi) is 5.77. The molecule has 1 aromatic rings. The van der Waals surface area contributed by atoms with Gasteiger partial charge in [-0.15, -0.1) is 0 Å². The van der Waals surface area contributed by atoms with Crippen LogP contribution in [0.15, 0.2) is 12.1 Å². The quantitative estimate of drug-likeness (QED) is 0.456. The molecule has 1 aromatic carbocycles. The fourth-order valence-corrected chi connectivity index (χ4v) is 2.10. The molecule has 0 saturated heterocycles. The monoisotopic (exact) mass is 300 g/mol. The van der Waals surface area contributed by atoms with Crippen molar-refractivity contribution in [1.29, 1.82) is 0 Å². The number of aryl methyl sites for hydroxylation is 1. The van der Waals surface area contributed by atoms with Crippen molar-refractivity contribution in [2.45, 2.75) is 33.6 Å². The largest absolute Gasteiger partial charge is 0.396 e. The van der Waals surface area contributed by atoms with Crippen LogP contribution in [0.5, 0.6) is 0 Å². The molecule has 0 fully saturated rings. The minimum Gasteiger partial charge on any atom is -0.396 e. The van der Waals surface area contributed by atoms with Crippen LogP contribution in [0, 0.1) is 22.5 Å². The number of nitro groups is 1. The van der Waals surface area contributed by atoms with Gasteiger partial charge >= 0.3 is 0 Å². The van der Waals surface area contributed by atoms with Crippen molar-refractivity contribution >= 4 is 23.0 Å². The van der Waals surface area contributed by atoms with Gasteiger partial charge in [0.1, 0.15) is 0 Å². The highest BCUT2D eigenvalue weighted by Gasteiger charge is 2.16. The normalized spacial score (nSPS) is 11.4. The number of anilines is 1. The Hall–Kier alpha value is -1.33. The van der Waals surface area contributed by atoms with Gasteiger partial charge in [0.25, 0.3) is 5.69 Å². The van der Waals surface area contributed by atoms with Crippen LogP contribution in [-0.2, 0) is 0 Å². The Bertz CT molecular complexity index is 490. The van der Waals surface area contributed by atoms with Crippen LogP contribution in [0.25, 0.3) is 0 Å². The van der Waals surface area contributed by atoms with E-state index in [0.717, 1.165) is 12.8 Å². The first-order valence-corrected chi connectivity index (χ1v) is 6.94. The van der Waals surface area contributed by atoms with E-state index < -0.39 is 4.92 Å². The minimum atomic E-state index is -0.436. The SMILES string of the molecule is Cc1cc(NCCCC(C)(C)CO)c(Cl)cc1[N+](=O)[O-]. The van der Waals surface area contributed by atoms with Crippen LogP contribution < -0.4 is 5.32 Å². The molecule has 0 unspecified atom stereocenters. The van der Waals surface area contributed by atoms with Crippen molar-refractivity contribution in [3.05, 3.63) is 32.8 Å². The maximum absolute atomic E-state index is 10.8. The van der Waals surface area contributed by atoms with Crippen molar-refractivity contribution in [2.75, 3.05) is 18.5 Å². The Morgan fingerprint density at radius 3 is 2.65 bits per heavy atom. The van der Waals surface area contributed by atoms with Gasteiger partial charge in [-0.25, -0.2) is 0 Å². The van der Waals surface area contributed by atoms with Crippen LogP contribution in [-0.4, -0.2) is 23.2 Å². The predicted molar refractivity (Wildman–Crippen MR) is 81.4 cm³/mol. The van der Waals surface area contributed by atoms with Gasteiger partial charge in [-0.3, -0.25) is 10.1 Å². The number of benzene rings is 1. The average Bonchev–Trinajstić information content (AvgIpc) is 2.37. The molecule has 5 nitrogen and oxygen atoms in total. The summed E-state index contributed by atoms with van der Waals surface area (Å²) in [5.41, 5.74) is 1.23. The summed E-state index contributed by atoms with van der Waals surface area (Å²) in [6, 6.07) is 3.06. The number of aliphatic hydroxyl groups excluding tert-OH is 1. The maximum atomic E-state index is 10.8. The predicted octanol–water partition coefficient (Wildman–Crippen LogP) is 3.77. The Morgan fingerprint density at radius 1 is 1.45 bits per heavy atom. The maximum Gasteiger partial charge on any atom is 0.273 e. The summed E-state index contributed by atoms with van der Waals surface area (Å²) in [5, 5.41) is 23.5. The molecule has 6 heteroatoms. The molecule has 1 rings (SSSR count). The molecular formula is C14H21ClN2O3. The molecule has 0 spiro atoms. The van der Waals surface area contributed by atoms with Gasteiger partial charge in [-0.05, 0) is 31.2 Å².